The number of rotatable bonds is 5. The Bertz CT molecular complexity index is 1650. The smallest absolute Gasteiger partial charge is 0.184 e. The maximum atomic E-state index is 15.5. The average molecular weight is 519 g/mol. The monoisotopic (exact) mass is 518 g/mol. The van der Waals surface area contributed by atoms with E-state index in [9.17, 15) is 12.8 Å². The van der Waals surface area contributed by atoms with Crippen LogP contribution in [0.2, 0.25) is 10.0 Å². The van der Waals surface area contributed by atoms with Gasteiger partial charge in [0.2, 0.25) is 0 Å². The molecule has 34 heavy (non-hydrogen) atoms. The van der Waals surface area contributed by atoms with Gasteiger partial charge in [0.15, 0.2) is 15.7 Å². The van der Waals surface area contributed by atoms with Gasteiger partial charge < -0.3 is 4.98 Å². The molecule has 0 radical (unpaired) electrons. The minimum absolute atomic E-state index is 0.0378. The van der Waals surface area contributed by atoms with E-state index in [0.29, 0.717) is 22.4 Å². The molecule has 0 atom stereocenters. The molecule has 2 aromatic heterocycles. The largest absolute Gasteiger partial charge is 0.343 e. The van der Waals surface area contributed by atoms with Crippen molar-refractivity contribution < 1.29 is 17.2 Å². The molecule has 2 heterocycles. The molecule has 3 aromatic carbocycles. The van der Waals surface area contributed by atoms with Gasteiger partial charge in [-0.05, 0) is 42.0 Å². The van der Waals surface area contributed by atoms with Crippen molar-refractivity contribution in [2.45, 2.75) is 10.6 Å². The summed E-state index contributed by atoms with van der Waals surface area (Å²) < 4.78 is 56.1. The van der Waals surface area contributed by atoms with Crippen LogP contribution in [-0.4, -0.2) is 28.6 Å². The van der Waals surface area contributed by atoms with Gasteiger partial charge in [-0.15, -0.1) is 0 Å². The number of halogens is 4. The summed E-state index contributed by atoms with van der Waals surface area (Å²) in [5.74, 6) is -1.99. The van der Waals surface area contributed by atoms with Crippen molar-refractivity contribution in [3.05, 3.63) is 88.2 Å². The molecule has 0 aliphatic heterocycles. The second-order valence-electron chi connectivity index (χ2n) is 7.50. The summed E-state index contributed by atoms with van der Waals surface area (Å²) in [6, 6.07) is 10.9. The van der Waals surface area contributed by atoms with Gasteiger partial charge in [0.05, 0.1) is 26.8 Å². The maximum Gasteiger partial charge on any atom is 0.184 e. The van der Waals surface area contributed by atoms with Crippen LogP contribution in [0.3, 0.4) is 0 Å². The van der Waals surface area contributed by atoms with Crippen LogP contribution in [0.4, 0.5) is 8.78 Å². The maximum absolute atomic E-state index is 15.5. The molecule has 0 spiro atoms. The van der Waals surface area contributed by atoms with Crippen molar-refractivity contribution in [2.75, 3.05) is 0 Å². The molecular formula is C23H14Cl2F2N4O2S. The van der Waals surface area contributed by atoms with Gasteiger partial charge in [-0.25, -0.2) is 22.2 Å². The van der Waals surface area contributed by atoms with Gasteiger partial charge in [0.25, 0.3) is 0 Å². The third-order valence-corrected chi connectivity index (χ3v) is 7.69. The molecule has 0 saturated heterocycles. The van der Waals surface area contributed by atoms with Gasteiger partial charge in [-0.3, -0.25) is 5.10 Å². The van der Waals surface area contributed by atoms with E-state index >= 15 is 4.39 Å². The number of aromatic amines is 2. The number of nitrogens with one attached hydrogen (secondary N) is 2. The zero-order chi connectivity index (χ0) is 24.0. The highest BCUT2D eigenvalue weighted by atomic mass is 35.5. The molecule has 0 unspecified atom stereocenters. The number of nitrogens with zero attached hydrogens (tertiary/aromatic N) is 2. The SMILES string of the molecule is O=S(=O)(Cc1ccc(F)c(-c2ccc3c(-c4ncc[nH]4)n[nH]c3c2)c1F)c1cc(Cl)ccc1Cl. The predicted molar refractivity (Wildman–Crippen MR) is 126 cm³/mol. The Morgan fingerprint density at radius 1 is 1.00 bits per heavy atom. The van der Waals surface area contributed by atoms with Crippen molar-refractivity contribution in [1.29, 1.82) is 0 Å². The van der Waals surface area contributed by atoms with E-state index in [0.717, 1.165) is 12.1 Å². The summed E-state index contributed by atoms with van der Waals surface area (Å²) >= 11 is 11.9. The summed E-state index contributed by atoms with van der Waals surface area (Å²) in [6.07, 6.45) is 3.25. The van der Waals surface area contributed by atoms with Crippen molar-refractivity contribution in [1.82, 2.24) is 20.2 Å². The number of imidazole rings is 1. The lowest BCUT2D eigenvalue weighted by molar-refractivity contribution is 0.574. The zero-order valence-corrected chi connectivity index (χ0v) is 19.4. The second-order valence-corrected chi connectivity index (χ2v) is 10.3. The Morgan fingerprint density at radius 2 is 1.82 bits per heavy atom. The van der Waals surface area contributed by atoms with Gasteiger partial charge in [0.1, 0.15) is 17.3 Å². The topological polar surface area (TPSA) is 91.5 Å². The lowest BCUT2D eigenvalue weighted by Crippen LogP contribution is -2.08. The summed E-state index contributed by atoms with van der Waals surface area (Å²) in [7, 11) is -4.06. The minimum atomic E-state index is -4.06. The Morgan fingerprint density at radius 3 is 2.59 bits per heavy atom. The van der Waals surface area contributed by atoms with E-state index in [4.69, 9.17) is 23.2 Å². The number of hydrogen-bond acceptors (Lipinski definition) is 4. The number of hydrogen-bond donors (Lipinski definition) is 2. The molecule has 6 nitrogen and oxygen atoms in total. The first-order chi connectivity index (χ1) is 16.2. The van der Waals surface area contributed by atoms with E-state index in [1.165, 1.54) is 24.3 Å². The van der Waals surface area contributed by atoms with Crippen LogP contribution in [0.5, 0.6) is 0 Å². The summed E-state index contributed by atoms with van der Waals surface area (Å²) in [4.78, 5) is 6.90. The summed E-state index contributed by atoms with van der Waals surface area (Å²) in [5.41, 5.74) is 0.767. The molecule has 11 heteroatoms. The van der Waals surface area contributed by atoms with Crippen LogP contribution in [0.15, 0.2) is 65.8 Å². The quantitative estimate of drug-likeness (QED) is 0.290. The summed E-state index contributed by atoms with van der Waals surface area (Å²) in [5, 5.41) is 7.89. The zero-order valence-electron chi connectivity index (χ0n) is 17.1. The minimum Gasteiger partial charge on any atom is -0.343 e. The van der Waals surface area contributed by atoms with Gasteiger partial charge in [-0.1, -0.05) is 35.3 Å². The first kappa shape index (κ1) is 22.5. The molecule has 0 saturated carbocycles. The number of aromatic nitrogens is 4. The molecule has 2 N–H and O–H groups in total. The van der Waals surface area contributed by atoms with Crippen molar-refractivity contribution in [3.8, 4) is 22.6 Å². The van der Waals surface area contributed by atoms with Crippen LogP contribution in [0.1, 0.15) is 5.56 Å². The van der Waals surface area contributed by atoms with E-state index in [1.807, 2.05) is 0 Å². The van der Waals surface area contributed by atoms with E-state index in [-0.39, 0.29) is 31.6 Å². The molecule has 0 aliphatic rings. The van der Waals surface area contributed by atoms with Crippen LogP contribution in [0, 0.1) is 11.6 Å². The van der Waals surface area contributed by atoms with Crippen LogP contribution in [0.25, 0.3) is 33.5 Å². The third kappa shape index (κ3) is 3.96. The number of benzene rings is 3. The lowest BCUT2D eigenvalue weighted by Gasteiger charge is -2.12. The van der Waals surface area contributed by atoms with Crippen LogP contribution in [-0.2, 0) is 15.6 Å². The Balaban J connectivity index is 1.56. The molecule has 5 aromatic rings. The highest BCUT2D eigenvalue weighted by Gasteiger charge is 2.24. The molecular weight excluding hydrogens is 505 g/mol. The normalized spacial score (nSPS) is 11.9. The first-order valence-corrected chi connectivity index (χ1v) is 12.3. The summed E-state index contributed by atoms with van der Waals surface area (Å²) in [6.45, 7) is 0. The first-order valence-electron chi connectivity index (χ1n) is 9.87. The molecule has 0 fully saturated rings. The fourth-order valence-electron chi connectivity index (χ4n) is 3.72. The fraction of sp³-hybridized carbons (Fsp3) is 0.0435. The highest BCUT2D eigenvalue weighted by molar-refractivity contribution is 7.90. The van der Waals surface area contributed by atoms with Crippen molar-refractivity contribution in [3.63, 3.8) is 0 Å². The molecule has 0 aliphatic carbocycles. The van der Waals surface area contributed by atoms with Gasteiger partial charge in [-0.2, -0.15) is 5.10 Å². The number of H-pyrrole nitrogens is 2. The Hall–Kier alpha value is -3.27. The van der Waals surface area contributed by atoms with Gasteiger partial charge >= 0.3 is 0 Å². The average Bonchev–Trinajstić information content (AvgIpc) is 3.47. The van der Waals surface area contributed by atoms with Crippen LogP contribution >= 0.6 is 23.2 Å². The van der Waals surface area contributed by atoms with Crippen LogP contribution < -0.4 is 0 Å². The molecule has 5 rings (SSSR count). The number of fused-ring (bicyclic) bond motifs is 1. The predicted octanol–water partition coefficient (Wildman–Crippen LogP) is 6.18. The third-order valence-electron chi connectivity index (χ3n) is 5.32. The van der Waals surface area contributed by atoms with Crippen molar-refractivity contribution >= 4 is 43.9 Å². The van der Waals surface area contributed by atoms with Gasteiger partial charge in [0, 0.05) is 28.4 Å². The Labute approximate surface area is 202 Å². The number of sulfone groups is 1. The fourth-order valence-corrected chi connectivity index (χ4v) is 5.89. The lowest BCUT2D eigenvalue weighted by atomic mass is 10.00. The standard InChI is InChI=1S/C23H14Cl2F2N4O2S/c24-14-3-5-16(25)19(10-14)34(32,33)11-13-2-6-17(26)20(21(13)27)12-1-4-15-18(9-12)30-31-22(15)23-28-7-8-29-23/h1-10H,11H2,(H,28,29)(H,30,31). The van der Waals surface area contributed by atoms with E-state index in [2.05, 4.69) is 20.2 Å². The highest BCUT2D eigenvalue weighted by Crippen LogP contribution is 2.34. The molecule has 172 valence electrons. The molecule has 0 amide bonds. The Kier molecular flexibility index (Phi) is 5.63. The van der Waals surface area contributed by atoms with E-state index < -0.39 is 27.2 Å². The van der Waals surface area contributed by atoms with E-state index in [1.54, 1.807) is 24.5 Å². The van der Waals surface area contributed by atoms with Crippen molar-refractivity contribution in [2.24, 2.45) is 0 Å². The second kappa shape index (κ2) is 8.50. The molecule has 0 bridgehead atoms.